The van der Waals surface area contributed by atoms with Gasteiger partial charge in [0.2, 0.25) is 5.91 Å². The van der Waals surface area contributed by atoms with Crippen LogP contribution < -0.4 is 10.5 Å². The van der Waals surface area contributed by atoms with Gasteiger partial charge in [0, 0.05) is 22.2 Å². The van der Waals surface area contributed by atoms with Gasteiger partial charge in [0.15, 0.2) is 6.10 Å². The predicted molar refractivity (Wildman–Crippen MR) is 125 cm³/mol. The summed E-state index contributed by atoms with van der Waals surface area (Å²) in [4.78, 5) is 28.8. The fourth-order valence-electron chi connectivity index (χ4n) is 4.29. The van der Waals surface area contributed by atoms with Crippen LogP contribution in [0.25, 0.3) is 22.0 Å². The van der Waals surface area contributed by atoms with E-state index in [2.05, 4.69) is 4.98 Å². The van der Waals surface area contributed by atoms with Gasteiger partial charge in [0.25, 0.3) is 0 Å². The van der Waals surface area contributed by atoms with Crippen LogP contribution in [0.2, 0.25) is 0 Å². The van der Waals surface area contributed by atoms with Crippen LogP contribution >= 0.6 is 0 Å². The maximum Gasteiger partial charge on any atom is 0.337 e. The van der Waals surface area contributed by atoms with Crippen molar-refractivity contribution in [1.29, 1.82) is 0 Å². The highest BCUT2D eigenvalue weighted by molar-refractivity contribution is 6.02. The minimum Gasteiger partial charge on any atom is -0.493 e. The second-order valence-corrected chi connectivity index (χ2v) is 9.31. The van der Waals surface area contributed by atoms with E-state index in [0.29, 0.717) is 28.9 Å². The number of rotatable bonds is 5. The van der Waals surface area contributed by atoms with Gasteiger partial charge in [0.05, 0.1) is 17.7 Å². The molecule has 0 aliphatic carbocycles. The van der Waals surface area contributed by atoms with Gasteiger partial charge in [0.1, 0.15) is 5.75 Å². The van der Waals surface area contributed by atoms with Crippen LogP contribution in [0, 0.1) is 6.92 Å². The zero-order valence-corrected chi connectivity index (χ0v) is 19.3. The number of amides is 1. The van der Waals surface area contributed by atoms with Gasteiger partial charge in [-0.3, -0.25) is 9.78 Å². The highest BCUT2D eigenvalue weighted by Gasteiger charge is 2.32. The Labute approximate surface area is 192 Å². The molecule has 1 amide bonds. The van der Waals surface area contributed by atoms with E-state index in [0.717, 1.165) is 40.7 Å². The smallest absolute Gasteiger partial charge is 0.337 e. The summed E-state index contributed by atoms with van der Waals surface area (Å²) in [5.41, 5.74) is 9.34. The first kappa shape index (κ1) is 22.7. The fraction of sp³-hybridized carbons (Fsp3) is 0.346. The Kier molecular flexibility index (Phi) is 5.84. The van der Waals surface area contributed by atoms with E-state index in [-0.39, 0.29) is 0 Å². The molecule has 0 fully saturated rings. The Morgan fingerprint density at radius 2 is 1.94 bits per heavy atom. The lowest BCUT2D eigenvalue weighted by molar-refractivity contribution is -0.160. The second-order valence-electron chi connectivity index (χ2n) is 9.31. The minimum atomic E-state index is -1.22. The number of carbonyl (C=O) groups is 2. The number of nitrogens with zero attached hydrogens (tertiary/aromatic N) is 1. The monoisotopic (exact) mass is 448 g/mol. The molecule has 1 atom stereocenters. The van der Waals surface area contributed by atoms with Crippen LogP contribution in [0.5, 0.6) is 5.75 Å². The summed E-state index contributed by atoms with van der Waals surface area (Å²) in [5.74, 6) is -0.795. The van der Waals surface area contributed by atoms with Crippen molar-refractivity contribution in [3.05, 3.63) is 58.8 Å². The summed E-state index contributed by atoms with van der Waals surface area (Å²) in [6.45, 7) is 7.91. The molecular formula is C26H28N2O5. The molecule has 7 nitrogen and oxygen atoms in total. The largest absolute Gasteiger partial charge is 0.493 e. The summed E-state index contributed by atoms with van der Waals surface area (Å²) >= 11 is 0. The quantitative estimate of drug-likeness (QED) is 0.591. The number of aryl methyl sites for hydroxylation is 2. The van der Waals surface area contributed by atoms with Crippen LogP contribution in [0.4, 0.5) is 0 Å². The van der Waals surface area contributed by atoms with Crippen molar-refractivity contribution in [3.8, 4) is 16.9 Å². The van der Waals surface area contributed by atoms with Crippen LogP contribution in [-0.2, 0) is 16.0 Å². The number of pyridine rings is 1. The Hall–Kier alpha value is -3.45. The van der Waals surface area contributed by atoms with Gasteiger partial charge in [-0.25, -0.2) is 4.79 Å². The molecule has 0 bridgehead atoms. The normalized spacial score (nSPS) is 14.4. The van der Waals surface area contributed by atoms with Crippen LogP contribution in [0.3, 0.4) is 0 Å². The molecule has 2 aromatic carbocycles. The third-order valence-electron chi connectivity index (χ3n) is 5.65. The molecule has 1 aliphatic rings. The number of hydrogen-bond acceptors (Lipinski definition) is 5. The van der Waals surface area contributed by atoms with Gasteiger partial charge in [-0.15, -0.1) is 0 Å². The number of fused-ring (bicyclic) bond motifs is 2. The molecule has 7 heteroatoms. The number of aliphatic carboxylic acids is 1. The summed E-state index contributed by atoms with van der Waals surface area (Å²) in [6.07, 6.45) is 0.583. The fourth-order valence-corrected chi connectivity index (χ4v) is 4.29. The molecule has 4 rings (SSSR count). The Bertz CT molecular complexity index is 1260. The number of ether oxygens (including phenoxy) is 2. The van der Waals surface area contributed by atoms with Crippen LogP contribution in [-0.4, -0.2) is 34.2 Å². The molecule has 0 saturated carbocycles. The molecule has 0 radical (unpaired) electrons. The average Bonchev–Trinajstić information content (AvgIpc) is 2.75. The van der Waals surface area contributed by atoms with Crippen molar-refractivity contribution in [2.24, 2.45) is 5.73 Å². The van der Waals surface area contributed by atoms with Crippen molar-refractivity contribution in [1.82, 2.24) is 4.98 Å². The second kappa shape index (κ2) is 8.48. The van der Waals surface area contributed by atoms with Crippen molar-refractivity contribution >= 4 is 22.8 Å². The van der Waals surface area contributed by atoms with E-state index in [1.54, 1.807) is 25.1 Å². The van der Waals surface area contributed by atoms with E-state index in [1.165, 1.54) is 0 Å². The molecule has 3 N–H and O–H groups in total. The third kappa shape index (κ3) is 4.54. The predicted octanol–water partition coefficient (Wildman–Crippen LogP) is 4.57. The van der Waals surface area contributed by atoms with E-state index < -0.39 is 23.6 Å². The highest BCUT2D eigenvalue weighted by atomic mass is 16.5. The molecule has 0 saturated heterocycles. The number of benzene rings is 2. The number of carboxylic acid groups (broad SMARTS) is 1. The molecule has 0 spiro atoms. The van der Waals surface area contributed by atoms with E-state index in [1.807, 2.05) is 39.0 Å². The van der Waals surface area contributed by atoms with Crippen molar-refractivity contribution in [2.45, 2.75) is 52.2 Å². The molecule has 1 aliphatic heterocycles. The lowest BCUT2D eigenvalue weighted by atomic mass is 9.89. The first-order chi connectivity index (χ1) is 15.5. The summed E-state index contributed by atoms with van der Waals surface area (Å²) in [7, 11) is 0. The van der Waals surface area contributed by atoms with Crippen molar-refractivity contribution in [2.75, 3.05) is 6.61 Å². The standard InChI is InChI=1S/C26H28N2O5/c1-14-21(23(25(30)31)33-26(2,3)4)22(16-8-10-20-15(12-16)6-5-11-32-20)18-9-7-17(24(27)29)13-19(18)28-14/h7-10,12-13,23H,5-6,11H2,1-4H3,(H2,27,29)(H,30,31). The number of hydrogen-bond donors (Lipinski definition) is 2. The first-order valence-corrected chi connectivity index (χ1v) is 11.0. The molecule has 172 valence electrons. The Balaban J connectivity index is 2.04. The van der Waals surface area contributed by atoms with Gasteiger partial charge in [-0.05, 0) is 81.5 Å². The third-order valence-corrected chi connectivity index (χ3v) is 5.65. The van der Waals surface area contributed by atoms with Crippen LogP contribution in [0.1, 0.15) is 60.5 Å². The van der Waals surface area contributed by atoms with Gasteiger partial charge in [-0.2, -0.15) is 0 Å². The number of nitrogens with two attached hydrogens (primary N) is 1. The number of aromatic nitrogens is 1. The van der Waals surface area contributed by atoms with Gasteiger partial charge in [-0.1, -0.05) is 12.1 Å². The number of carboxylic acids is 1. The Morgan fingerprint density at radius 1 is 1.18 bits per heavy atom. The maximum atomic E-state index is 12.4. The molecular weight excluding hydrogens is 420 g/mol. The van der Waals surface area contributed by atoms with Crippen molar-refractivity contribution in [3.63, 3.8) is 0 Å². The van der Waals surface area contributed by atoms with Gasteiger partial charge < -0.3 is 20.3 Å². The molecule has 3 aromatic rings. The van der Waals surface area contributed by atoms with E-state index >= 15 is 0 Å². The lowest BCUT2D eigenvalue weighted by Crippen LogP contribution is -2.28. The molecule has 1 unspecified atom stereocenters. The van der Waals surface area contributed by atoms with E-state index in [9.17, 15) is 14.7 Å². The maximum absolute atomic E-state index is 12.4. The summed E-state index contributed by atoms with van der Waals surface area (Å²) < 4.78 is 11.8. The topological polar surface area (TPSA) is 112 Å². The molecule has 1 aromatic heterocycles. The lowest BCUT2D eigenvalue weighted by Gasteiger charge is -2.28. The number of primary amides is 1. The molecule has 33 heavy (non-hydrogen) atoms. The Morgan fingerprint density at radius 3 is 2.61 bits per heavy atom. The van der Waals surface area contributed by atoms with Gasteiger partial charge >= 0.3 is 5.97 Å². The zero-order valence-electron chi connectivity index (χ0n) is 19.3. The number of carbonyl (C=O) groups excluding carboxylic acids is 1. The summed E-state index contributed by atoms with van der Waals surface area (Å²) in [6, 6.07) is 10.9. The summed E-state index contributed by atoms with van der Waals surface area (Å²) in [5, 5.41) is 10.9. The average molecular weight is 449 g/mol. The van der Waals surface area contributed by atoms with Crippen LogP contribution in [0.15, 0.2) is 36.4 Å². The minimum absolute atomic E-state index is 0.340. The van der Waals surface area contributed by atoms with E-state index in [4.69, 9.17) is 15.2 Å². The van der Waals surface area contributed by atoms with Crippen molar-refractivity contribution < 1.29 is 24.2 Å². The zero-order chi connectivity index (χ0) is 23.9. The first-order valence-electron chi connectivity index (χ1n) is 11.0. The highest BCUT2D eigenvalue weighted by Crippen LogP contribution is 2.41. The SMILES string of the molecule is Cc1nc2cc(C(N)=O)ccc2c(-c2ccc3c(c2)CCCO3)c1C(OC(C)(C)C)C(=O)O. The molecule has 2 heterocycles.